The predicted octanol–water partition coefficient (Wildman–Crippen LogP) is 8.40. The number of carbonyl (C=O) groups is 6. The van der Waals surface area contributed by atoms with Crippen molar-refractivity contribution in [3.8, 4) is 0 Å². The van der Waals surface area contributed by atoms with Gasteiger partial charge in [0.1, 0.15) is 26.4 Å². The van der Waals surface area contributed by atoms with Gasteiger partial charge in [-0.25, -0.2) is 0 Å². The Kier molecular flexibility index (Phi) is 27.7. The summed E-state index contributed by atoms with van der Waals surface area (Å²) in [5, 5.41) is 3.40. The molecule has 0 amide bonds. The lowest BCUT2D eigenvalue weighted by atomic mass is 9.86. The lowest BCUT2D eigenvalue weighted by molar-refractivity contribution is -0.167. The minimum atomic E-state index is -0.827. The van der Waals surface area contributed by atoms with Crippen molar-refractivity contribution in [1.29, 1.82) is 0 Å². The van der Waals surface area contributed by atoms with Crippen molar-refractivity contribution < 1.29 is 57.2 Å². The molecule has 3 rings (SSSR count). The van der Waals surface area contributed by atoms with E-state index in [0.29, 0.717) is 49.9 Å². The van der Waals surface area contributed by atoms with Crippen LogP contribution in [0.2, 0.25) is 0 Å². The molecule has 0 heterocycles. The molecule has 3 fully saturated rings. The number of nitrogens with one attached hydrogen (secondary N) is 1. The van der Waals surface area contributed by atoms with E-state index in [9.17, 15) is 28.8 Å². The number of unbranched alkanes of at least 4 members (excludes halogenated alkanes) is 4. The van der Waals surface area contributed by atoms with E-state index in [1.807, 2.05) is 0 Å². The van der Waals surface area contributed by atoms with E-state index < -0.39 is 24.1 Å². The minimum absolute atomic E-state index is 0.120. The molecular formula is C46H77NO12. The average molecular weight is 836 g/mol. The van der Waals surface area contributed by atoms with E-state index in [1.165, 1.54) is 57.8 Å². The van der Waals surface area contributed by atoms with Crippen LogP contribution in [0.15, 0.2) is 0 Å². The van der Waals surface area contributed by atoms with Crippen molar-refractivity contribution in [3.05, 3.63) is 0 Å². The number of esters is 5. The second kappa shape index (κ2) is 32.5. The van der Waals surface area contributed by atoms with Gasteiger partial charge in [0.15, 0.2) is 12.2 Å². The van der Waals surface area contributed by atoms with Crippen LogP contribution in [-0.4, -0.2) is 88.0 Å². The second-order valence-corrected chi connectivity index (χ2v) is 17.2. The smallest absolute Gasteiger partial charge is 0.306 e. The summed E-state index contributed by atoms with van der Waals surface area (Å²) >= 11 is 0. The molecule has 0 saturated heterocycles. The van der Waals surface area contributed by atoms with Gasteiger partial charge in [-0.15, -0.1) is 0 Å². The summed E-state index contributed by atoms with van der Waals surface area (Å²) in [5.74, 6) is -0.0569. The molecule has 338 valence electrons. The van der Waals surface area contributed by atoms with Crippen LogP contribution in [-0.2, 0) is 57.2 Å². The van der Waals surface area contributed by atoms with Gasteiger partial charge in [-0.1, -0.05) is 109 Å². The number of rotatable bonds is 32. The molecule has 0 spiro atoms. The highest BCUT2D eigenvalue weighted by atomic mass is 16.6. The maximum absolute atomic E-state index is 12.7. The third-order valence-electron chi connectivity index (χ3n) is 12.2. The Labute approximate surface area is 353 Å². The standard InChI is InChI=1S/C46H77NO12/c48-36-54-32-40(33-55-42(49)27-24-37-16-6-1-7-17-37)58-45(52)22-12-4-14-30-47-31-15-5-13-23-46(53)59-41(34-56-43(50)28-25-38-18-8-2-9-19-38)35-57-44(51)29-26-39-20-10-3-11-21-39/h36-41,47H,1-35H2. The Morgan fingerprint density at radius 1 is 0.441 bits per heavy atom. The number of hydrogen-bond donors (Lipinski definition) is 1. The van der Waals surface area contributed by atoms with Gasteiger partial charge in [-0.05, 0) is 75.8 Å². The van der Waals surface area contributed by atoms with Gasteiger partial charge in [0.05, 0.1) is 0 Å². The number of ether oxygens (including phenoxy) is 6. The van der Waals surface area contributed by atoms with Crippen LogP contribution in [0.25, 0.3) is 0 Å². The molecule has 1 unspecified atom stereocenters. The van der Waals surface area contributed by atoms with Crippen molar-refractivity contribution in [1.82, 2.24) is 5.32 Å². The number of carbonyl (C=O) groups excluding carboxylic acids is 6. The highest BCUT2D eigenvalue weighted by Gasteiger charge is 2.23. The maximum atomic E-state index is 12.7. The summed E-state index contributed by atoms with van der Waals surface area (Å²) in [6.45, 7) is 1.34. The fraction of sp³-hybridized carbons (Fsp3) is 0.870. The molecule has 0 aromatic heterocycles. The predicted molar refractivity (Wildman–Crippen MR) is 222 cm³/mol. The third-order valence-corrected chi connectivity index (χ3v) is 12.2. The van der Waals surface area contributed by atoms with Gasteiger partial charge in [0.2, 0.25) is 0 Å². The molecule has 0 radical (unpaired) electrons. The van der Waals surface area contributed by atoms with Crippen molar-refractivity contribution in [2.24, 2.45) is 17.8 Å². The molecule has 1 N–H and O–H groups in total. The Balaban J connectivity index is 1.22. The topological polar surface area (TPSA) is 170 Å². The zero-order valence-electron chi connectivity index (χ0n) is 36.1. The Bertz CT molecular complexity index is 1140. The van der Waals surface area contributed by atoms with E-state index in [1.54, 1.807) is 0 Å². The summed E-state index contributed by atoms with van der Waals surface area (Å²) in [5.41, 5.74) is 0. The summed E-state index contributed by atoms with van der Waals surface area (Å²) in [7, 11) is 0. The molecule has 3 aliphatic rings. The highest BCUT2D eigenvalue weighted by molar-refractivity contribution is 5.71. The first kappa shape index (κ1) is 50.1. The van der Waals surface area contributed by atoms with E-state index in [2.05, 4.69) is 5.32 Å². The van der Waals surface area contributed by atoms with Gasteiger partial charge in [0, 0.05) is 32.1 Å². The van der Waals surface area contributed by atoms with E-state index in [0.717, 1.165) is 96.6 Å². The largest absolute Gasteiger partial charge is 0.464 e. The van der Waals surface area contributed by atoms with E-state index in [4.69, 9.17) is 28.4 Å². The van der Waals surface area contributed by atoms with Crippen molar-refractivity contribution in [3.63, 3.8) is 0 Å². The highest BCUT2D eigenvalue weighted by Crippen LogP contribution is 2.29. The van der Waals surface area contributed by atoms with Gasteiger partial charge >= 0.3 is 29.8 Å². The van der Waals surface area contributed by atoms with E-state index >= 15 is 0 Å². The fourth-order valence-electron chi connectivity index (χ4n) is 8.55. The van der Waals surface area contributed by atoms with Gasteiger partial charge in [-0.3, -0.25) is 28.8 Å². The van der Waals surface area contributed by atoms with Crippen LogP contribution in [0.5, 0.6) is 0 Å². The summed E-state index contributed by atoms with van der Waals surface area (Å²) in [4.78, 5) is 73.1. The van der Waals surface area contributed by atoms with Crippen LogP contribution in [0.3, 0.4) is 0 Å². The first-order chi connectivity index (χ1) is 28.8. The summed E-state index contributed by atoms with van der Waals surface area (Å²) < 4.78 is 32.2. The van der Waals surface area contributed by atoms with Crippen molar-refractivity contribution in [2.75, 3.05) is 39.5 Å². The summed E-state index contributed by atoms with van der Waals surface area (Å²) in [6.07, 6.45) is 25.0. The molecule has 59 heavy (non-hydrogen) atoms. The van der Waals surface area contributed by atoms with Crippen LogP contribution in [0.1, 0.15) is 186 Å². The van der Waals surface area contributed by atoms with Crippen LogP contribution in [0, 0.1) is 17.8 Å². The molecule has 1 atom stereocenters. The summed E-state index contributed by atoms with van der Waals surface area (Å²) in [6, 6.07) is 0. The zero-order valence-corrected chi connectivity index (χ0v) is 36.1. The Morgan fingerprint density at radius 3 is 1.15 bits per heavy atom. The molecule has 13 heteroatoms. The van der Waals surface area contributed by atoms with Gasteiger partial charge in [0.25, 0.3) is 6.47 Å². The quantitative estimate of drug-likeness (QED) is 0.0297. The van der Waals surface area contributed by atoms with Gasteiger partial charge < -0.3 is 33.7 Å². The lowest BCUT2D eigenvalue weighted by Gasteiger charge is -2.22. The average Bonchev–Trinajstić information content (AvgIpc) is 3.26. The molecule has 3 saturated carbocycles. The van der Waals surface area contributed by atoms with Crippen molar-refractivity contribution >= 4 is 36.3 Å². The maximum Gasteiger partial charge on any atom is 0.306 e. The molecule has 0 aromatic carbocycles. The fourth-order valence-corrected chi connectivity index (χ4v) is 8.55. The minimum Gasteiger partial charge on any atom is -0.464 e. The molecule has 0 bridgehead atoms. The van der Waals surface area contributed by atoms with E-state index in [-0.39, 0.29) is 63.6 Å². The van der Waals surface area contributed by atoms with Crippen molar-refractivity contribution in [2.45, 2.75) is 198 Å². The molecular weight excluding hydrogens is 759 g/mol. The first-order valence-corrected chi connectivity index (χ1v) is 23.4. The normalized spacial score (nSPS) is 17.2. The SMILES string of the molecule is O=COCC(COC(=O)CCC1CCCCC1)OC(=O)CCCCCNCCCCCC(=O)OC(COC(=O)CCC1CCCCC1)COC(=O)CCC1CCCCC1. The van der Waals surface area contributed by atoms with Crippen LogP contribution < -0.4 is 5.32 Å². The monoisotopic (exact) mass is 836 g/mol. The molecule has 0 aromatic rings. The Hall–Kier alpha value is -3.22. The van der Waals surface area contributed by atoms with Gasteiger partial charge in [-0.2, -0.15) is 0 Å². The Morgan fingerprint density at radius 2 is 0.797 bits per heavy atom. The molecule has 0 aliphatic heterocycles. The first-order valence-electron chi connectivity index (χ1n) is 23.4. The van der Waals surface area contributed by atoms with Crippen LogP contribution in [0.4, 0.5) is 0 Å². The second-order valence-electron chi connectivity index (χ2n) is 17.2. The molecule has 3 aliphatic carbocycles. The lowest BCUT2D eigenvalue weighted by Crippen LogP contribution is -2.31. The molecule has 13 nitrogen and oxygen atoms in total. The van der Waals surface area contributed by atoms with Crippen LogP contribution >= 0.6 is 0 Å². The zero-order chi connectivity index (χ0) is 42.2. The third kappa shape index (κ3) is 25.9. The number of hydrogen-bond acceptors (Lipinski definition) is 13.